The Labute approximate surface area is 187 Å². The molecule has 0 aromatic heterocycles. The van der Waals surface area contributed by atoms with Gasteiger partial charge in [0, 0.05) is 44.3 Å². The predicted molar refractivity (Wildman–Crippen MR) is 124 cm³/mol. The molecule has 0 unspecified atom stereocenters. The maximum atomic E-state index is 13.7. The van der Waals surface area contributed by atoms with Crippen molar-refractivity contribution in [3.8, 4) is 0 Å². The summed E-state index contributed by atoms with van der Waals surface area (Å²) in [6, 6.07) is 5.69. The summed E-state index contributed by atoms with van der Waals surface area (Å²) < 4.78 is 29.0. The minimum Gasteiger partial charge on any atom is -0.370 e. The van der Waals surface area contributed by atoms with Crippen molar-refractivity contribution in [3.05, 3.63) is 23.8 Å². The van der Waals surface area contributed by atoms with Crippen LogP contribution in [-0.4, -0.2) is 62.3 Å². The van der Waals surface area contributed by atoms with Crippen LogP contribution in [0, 0.1) is 0 Å². The molecule has 0 N–H and O–H groups in total. The number of amides is 1. The van der Waals surface area contributed by atoms with Gasteiger partial charge in [-0.15, -0.1) is 0 Å². The number of nitrogens with zero attached hydrogens (tertiary/aromatic N) is 3. The Balaban J connectivity index is 1.71. The van der Waals surface area contributed by atoms with Crippen molar-refractivity contribution in [1.82, 2.24) is 9.21 Å². The number of sulfonamides is 1. The Morgan fingerprint density at radius 2 is 1.55 bits per heavy atom. The summed E-state index contributed by atoms with van der Waals surface area (Å²) in [5.41, 5.74) is 1.27. The molecule has 3 fully saturated rings. The van der Waals surface area contributed by atoms with Crippen molar-refractivity contribution in [2.75, 3.05) is 37.6 Å². The maximum Gasteiger partial charge on any atom is 0.254 e. The van der Waals surface area contributed by atoms with Gasteiger partial charge in [0.1, 0.15) is 4.90 Å². The second-order valence-corrected chi connectivity index (χ2v) is 11.1. The molecule has 2 saturated heterocycles. The Hall–Kier alpha value is -1.60. The quantitative estimate of drug-likeness (QED) is 0.654. The molecule has 172 valence electrons. The van der Waals surface area contributed by atoms with Gasteiger partial charge in [-0.05, 0) is 70.1 Å². The third kappa shape index (κ3) is 4.77. The summed E-state index contributed by atoms with van der Waals surface area (Å²) in [5, 5.41) is 0. The molecule has 2 aliphatic heterocycles. The van der Waals surface area contributed by atoms with Gasteiger partial charge in [0.15, 0.2) is 0 Å². The lowest BCUT2D eigenvalue weighted by Gasteiger charge is -2.33. The minimum atomic E-state index is -3.63. The van der Waals surface area contributed by atoms with Crippen molar-refractivity contribution in [2.24, 2.45) is 0 Å². The van der Waals surface area contributed by atoms with E-state index in [0.29, 0.717) is 30.1 Å². The number of carbonyl (C=O) groups is 1. The van der Waals surface area contributed by atoms with E-state index in [-0.39, 0.29) is 11.9 Å². The summed E-state index contributed by atoms with van der Waals surface area (Å²) in [4.78, 5) is 17.9. The first-order valence-electron chi connectivity index (χ1n) is 12.2. The first-order chi connectivity index (χ1) is 15.0. The molecule has 1 saturated carbocycles. The molecular weight excluding hydrogens is 410 g/mol. The smallest absolute Gasteiger partial charge is 0.254 e. The summed E-state index contributed by atoms with van der Waals surface area (Å²) in [6.07, 6.45) is 10.7. The Morgan fingerprint density at radius 3 is 2.16 bits per heavy atom. The molecule has 4 rings (SSSR count). The van der Waals surface area contributed by atoms with Crippen LogP contribution in [0.15, 0.2) is 23.1 Å². The van der Waals surface area contributed by atoms with E-state index in [9.17, 15) is 13.2 Å². The summed E-state index contributed by atoms with van der Waals surface area (Å²) in [5.74, 6) is -0.0327. The van der Waals surface area contributed by atoms with Crippen molar-refractivity contribution < 1.29 is 13.2 Å². The van der Waals surface area contributed by atoms with Gasteiger partial charge in [0.05, 0.1) is 5.69 Å². The number of anilines is 1. The van der Waals surface area contributed by atoms with E-state index in [1.165, 1.54) is 6.42 Å². The Kier molecular flexibility index (Phi) is 7.22. The van der Waals surface area contributed by atoms with Crippen LogP contribution in [0.5, 0.6) is 0 Å². The molecule has 3 aliphatic rings. The van der Waals surface area contributed by atoms with Crippen LogP contribution in [0.1, 0.15) is 81.5 Å². The van der Waals surface area contributed by atoms with E-state index in [0.717, 1.165) is 76.6 Å². The molecule has 1 aromatic carbocycles. The Morgan fingerprint density at radius 1 is 0.935 bits per heavy atom. The minimum absolute atomic E-state index is 0.0327. The molecule has 0 radical (unpaired) electrons. The zero-order valence-corrected chi connectivity index (χ0v) is 19.7. The molecule has 7 heteroatoms. The molecular formula is C24H37N3O3S. The maximum absolute atomic E-state index is 13.7. The first kappa shape index (κ1) is 22.6. The lowest BCUT2D eigenvalue weighted by Crippen LogP contribution is -2.39. The van der Waals surface area contributed by atoms with Crippen LogP contribution in [0.3, 0.4) is 0 Å². The van der Waals surface area contributed by atoms with Crippen molar-refractivity contribution in [1.29, 1.82) is 0 Å². The second kappa shape index (κ2) is 9.90. The van der Waals surface area contributed by atoms with Crippen LogP contribution >= 0.6 is 0 Å². The number of benzene rings is 1. The van der Waals surface area contributed by atoms with Crippen molar-refractivity contribution in [2.45, 2.75) is 82.1 Å². The normalized spacial score (nSPS) is 21.4. The fourth-order valence-electron chi connectivity index (χ4n) is 5.44. The van der Waals surface area contributed by atoms with Gasteiger partial charge in [0.2, 0.25) is 10.0 Å². The highest BCUT2D eigenvalue weighted by Crippen LogP contribution is 2.33. The van der Waals surface area contributed by atoms with E-state index in [1.54, 1.807) is 10.4 Å². The fourth-order valence-corrected chi connectivity index (χ4v) is 7.20. The van der Waals surface area contributed by atoms with Gasteiger partial charge >= 0.3 is 0 Å². The lowest BCUT2D eigenvalue weighted by atomic mass is 10.1. The molecule has 6 nitrogen and oxygen atoms in total. The number of hydrogen-bond donors (Lipinski definition) is 0. The zero-order chi connectivity index (χ0) is 21.8. The highest BCUT2D eigenvalue weighted by atomic mass is 32.2. The summed E-state index contributed by atoms with van der Waals surface area (Å²) in [7, 11) is -3.63. The summed E-state index contributed by atoms with van der Waals surface area (Å²) in [6.45, 7) is 5.57. The van der Waals surface area contributed by atoms with Gasteiger partial charge < -0.3 is 9.80 Å². The number of piperidine rings is 2. The highest BCUT2D eigenvalue weighted by molar-refractivity contribution is 7.89. The molecule has 1 amide bonds. The van der Waals surface area contributed by atoms with Crippen LogP contribution in [0.2, 0.25) is 0 Å². The average molecular weight is 448 g/mol. The van der Waals surface area contributed by atoms with Gasteiger partial charge in [-0.1, -0.05) is 19.3 Å². The summed E-state index contributed by atoms with van der Waals surface area (Å²) >= 11 is 0. The van der Waals surface area contributed by atoms with Crippen LogP contribution < -0.4 is 4.90 Å². The van der Waals surface area contributed by atoms with Gasteiger partial charge in [-0.25, -0.2) is 8.42 Å². The SMILES string of the molecule is CCN(C(=O)c1ccc(N2CCCCC2)c(S(=O)(=O)N2CCCCC2)c1)C1CCCC1. The van der Waals surface area contributed by atoms with Gasteiger partial charge in [0.25, 0.3) is 5.91 Å². The average Bonchev–Trinajstić information content (AvgIpc) is 3.35. The largest absolute Gasteiger partial charge is 0.370 e. The van der Waals surface area contributed by atoms with Gasteiger partial charge in [-0.2, -0.15) is 4.31 Å². The monoisotopic (exact) mass is 447 g/mol. The van der Waals surface area contributed by atoms with Crippen molar-refractivity contribution in [3.63, 3.8) is 0 Å². The molecule has 0 atom stereocenters. The number of carbonyl (C=O) groups excluding carboxylic acids is 1. The third-order valence-electron chi connectivity index (χ3n) is 7.20. The van der Waals surface area contributed by atoms with E-state index >= 15 is 0 Å². The molecule has 0 bridgehead atoms. The van der Waals surface area contributed by atoms with E-state index < -0.39 is 10.0 Å². The molecule has 0 spiro atoms. The molecule has 2 heterocycles. The predicted octanol–water partition coefficient (Wildman–Crippen LogP) is 4.26. The molecule has 1 aliphatic carbocycles. The topological polar surface area (TPSA) is 60.9 Å². The standard InChI is InChI=1S/C24H37N3O3S/c1-2-27(21-11-5-6-12-21)24(28)20-13-14-22(25-15-7-3-8-16-25)23(19-20)31(29,30)26-17-9-4-10-18-26/h13-14,19,21H,2-12,15-18H2,1H3. The van der Waals surface area contributed by atoms with E-state index in [2.05, 4.69) is 4.90 Å². The molecule has 31 heavy (non-hydrogen) atoms. The third-order valence-corrected chi connectivity index (χ3v) is 9.13. The van der Waals surface area contributed by atoms with Gasteiger partial charge in [-0.3, -0.25) is 4.79 Å². The van der Waals surface area contributed by atoms with E-state index in [4.69, 9.17) is 0 Å². The Bertz CT molecular complexity index is 868. The van der Waals surface area contributed by atoms with Crippen LogP contribution in [0.4, 0.5) is 5.69 Å². The van der Waals surface area contributed by atoms with Crippen LogP contribution in [-0.2, 0) is 10.0 Å². The fraction of sp³-hybridized carbons (Fsp3) is 0.708. The van der Waals surface area contributed by atoms with Crippen LogP contribution in [0.25, 0.3) is 0 Å². The first-order valence-corrected chi connectivity index (χ1v) is 13.7. The van der Waals surface area contributed by atoms with E-state index in [1.807, 2.05) is 24.0 Å². The molecule has 1 aromatic rings. The number of rotatable bonds is 6. The number of hydrogen-bond acceptors (Lipinski definition) is 4. The second-order valence-electron chi connectivity index (χ2n) is 9.22. The highest BCUT2D eigenvalue weighted by Gasteiger charge is 2.32. The lowest BCUT2D eigenvalue weighted by molar-refractivity contribution is 0.0693. The zero-order valence-electron chi connectivity index (χ0n) is 18.9. The van der Waals surface area contributed by atoms with Crippen molar-refractivity contribution >= 4 is 21.6 Å².